The molecule has 9 nitrogen and oxygen atoms in total. The second-order valence-electron chi connectivity index (χ2n) is 9.62. The minimum atomic E-state index is -0.333. The lowest BCUT2D eigenvalue weighted by Gasteiger charge is -2.23. The number of carbonyl (C=O) groups excluding carboxylic acids is 2. The smallest absolute Gasteiger partial charge is 0.302 e. The van der Waals surface area contributed by atoms with Crippen molar-refractivity contribution in [1.82, 2.24) is 4.90 Å². The molecular formula is C31H49NO8S. The minimum Gasteiger partial charge on any atom is -0.490 e. The van der Waals surface area contributed by atoms with Crippen molar-refractivity contribution in [3.05, 3.63) is 64.7 Å². The van der Waals surface area contributed by atoms with E-state index < -0.39 is 0 Å². The van der Waals surface area contributed by atoms with Crippen molar-refractivity contribution in [2.75, 3.05) is 59.3 Å². The van der Waals surface area contributed by atoms with Gasteiger partial charge in [-0.1, -0.05) is 24.3 Å². The van der Waals surface area contributed by atoms with E-state index >= 15 is 0 Å². The van der Waals surface area contributed by atoms with Crippen LogP contribution in [-0.2, 0) is 25.5 Å². The van der Waals surface area contributed by atoms with Crippen molar-refractivity contribution < 1.29 is 39.5 Å². The summed E-state index contributed by atoms with van der Waals surface area (Å²) >= 11 is 1.75. The van der Waals surface area contributed by atoms with Crippen LogP contribution in [0.4, 0.5) is 0 Å². The summed E-state index contributed by atoms with van der Waals surface area (Å²) in [6.07, 6.45) is 7.99. The number of esters is 1. The maximum absolute atomic E-state index is 13.8. The summed E-state index contributed by atoms with van der Waals surface area (Å²) in [7, 11) is 1.74. The van der Waals surface area contributed by atoms with Gasteiger partial charge >= 0.3 is 5.97 Å². The molecule has 1 aliphatic heterocycles. The fraction of sp³-hybridized carbons (Fsp3) is 0.548. The summed E-state index contributed by atoms with van der Waals surface area (Å²) in [6, 6.07) is 13.8. The van der Waals surface area contributed by atoms with Gasteiger partial charge in [-0.25, -0.2) is 0 Å². The quantitative estimate of drug-likeness (QED) is 0.202. The molecule has 0 saturated carbocycles. The van der Waals surface area contributed by atoms with E-state index in [4.69, 9.17) is 18.9 Å². The van der Waals surface area contributed by atoms with Crippen molar-refractivity contribution in [2.45, 2.75) is 52.0 Å². The highest BCUT2D eigenvalue weighted by molar-refractivity contribution is 7.97. The highest BCUT2D eigenvalue weighted by atomic mass is 32.2. The summed E-state index contributed by atoms with van der Waals surface area (Å²) in [5, 5.41) is 0. The van der Waals surface area contributed by atoms with Gasteiger partial charge in [-0.05, 0) is 80.0 Å². The fourth-order valence-corrected chi connectivity index (χ4v) is 4.56. The van der Waals surface area contributed by atoms with E-state index in [0.717, 1.165) is 50.1 Å². The Kier molecular flexibility index (Phi) is 20.8. The molecule has 0 fully saturated rings. The van der Waals surface area contributed by atoms with Gasteiger partial charge in [-0.2, -0.15) is 11.8 Å². The second kappa shape index (κ2) is 22.2. The topological polar surface area (TPSA) is 137 Å². The van der Waals surface area contributed by atoms with Gasteiger partial charge in [0.15, 0.2) is 5.78 Å². The second-order valence-corrected chi connectivity index (χ2v) is 10.4. The molecule has 1 aliphatic rings. The monoisotopic (exact) mass is 595 g/mol. The Morgan fingerprint density at radius 2 is 1.76 bits per heavy atom. The lowest BCUT2D eigenvalue weighted by atomic mass is 9.84. The van der Waals surface area contributed by atoms with E-state index in [1.54, 1.807) is 24.9 Å². The molecule has 4 N–H and O–H groups in total. The zero-order valence-electron chi connectivity index (χ0n) is 25.2. The third-order valence-corrected chi connectivity index (χ3v) is 6.41. The number of hydrogen-bond acceptors (Lipinski definition) is 8. The number of unbranched alkanes of at least 4 members (excludes halogenated alkanes) is 2. The first-order valence-corrected chi connectivity index (χ1v) is 15.2. The van der Waals surface area contributed by atoms with Gasteiger partial charge in [0.25, 0.3) is 0 Å². The first-order chi connectivity index (χ1) is 18.9. The first-order valence-electron chi connectivity index (χ1n) is 13.6. The number of aryl methyl sites for hydroxylation is 1. The molecule has 41 heavy (non-hydrogen) atoms. The zero-order chi connectivity index (χ0) is 28.5. The SMILES string of the molecule is COCCCCCN1COCCC(C(=O)c2ccc(OCCOC(C)=O)cc2C)c2ccccc2C1.CSC.O.O. The highest BCUT2D eigenvalue weighted by Gasteiger charge is 2.27. The zero-order valence-corrected chi connectivity index (χ0v) is 26.0. The van der Waals surface area contributed by atoms with Crippen LogP contribution in [0.15, 0.2) is 42.5 Å². The number of rotatable bonds is 12. The van der Waals surface area contributed by atoms with Crippen LogP contribution in [0.2, 0.25) is 0 Å². The highest BCUT2D eigenvalue weighted by Crippen LogP contribution is 2.31. The number of fused-ring (bicyclic) bond motifs is 1. The van der Waals surface area contributed by atoms with Gasteiger partial charge in [0, 0.05) is 51.8 Å². The third-order valence-electron chi connectivity index (χ3n) is 6.41. The summed E-state index contributed by atoms with van der Waals surface area (Å²) in [4.78, 5) is 27.0. The van der Waals surface area contributed by atoms with Crippen molar-refractivity contribution >= 4 is 23.5 Å². The molecule has 2 aromatic rings. The molecule has 232 valence electrons. The summed E-state index contributed by atoms with van der Waals surface area (Å²) in [6.45, 7) is 7.36. The number of methoxy groups -OCH3 is 1. The Morgan fingerprint density at radius 1 is 1.02 bits per heavy atom. The molecule has 1 atom stereocenters. The van der Waals surface area contributed by atoms with E-state index in [0.29, 0.717) is 31.1 Å². The Labute approximate surface area is 249 Å². The lowest BCUT2D eigenvalue weighted by molar-refractivity contribution is -0.141. The van der Waals surface area contributed by atoms with Gasteiger partial charge in [-0.3, -0.25) is 14.5 Å². The summed E-state index contributed by atoms with van der Waals surface area (Å²) < 4.78 is 21.7. The Balaban J connectivity index is 0.00000306. The fourth-order valence-electron chi connectivity index (χ4n) is 4.56. The molecule has 0 amide bonds. The molecule has 0 radical (unpaired) electrons. The van der Waals surface area contributed by atoms with Gasteiger partial charge in [0.1, 0.15) is 19.0 Å². The standard InChI is InChI=1S/C29H39NO6.C2H6S.2H2O/c1-22-19-25(36-18-17-35-23(2)31)11-12-26(22)29(32)28-13-16-34-21-30(14-7-4-8-15-33-3)20-24-9-5-6-10-27(24)28;1-3-2;;/h5-6,9-12,19,28H,4,7-8,13-18,20-21H2,1-3H3;1-2H3;2*1H2. The van der Waals surface area contributed by atoms with E-state index in [9.17, 15) is 9.59 Å². The number of carbonyl (C=O) groups is 2. The Hall–Kier alpha value is -2.47. The van der Waals surface area contributed by atoms with Crippen LogP contribution in [0.1, 0.15) is 65.6 Å². The average molecular weight is 596 g/mol. The van der Waals surface area contributed by atoms with Crippen molar-refractivity contribution in [2.24, 2.45) is 0 Å². The largest absolute Gasteiger partial charge is 0.490 e. The molecule has 0 aliphatic carbocycles. The lowest BCUT2D eigenvalue weighted by Crippen LogP contribution is -2.27. The average Bonchev–Trinajstić information content (AvgIpc) is 3.00. The number of ketones is 1. The molecule has 0 saturated heterocycles. The van der Waals surface area contributed by atoms with Crippen LogP contribution >= 0.6 is 11.8 Å². The Morgan fingerprint density at radius 3 is 2.44 bits per heavy atom. The minimum absolute atomic E-state index is 0. The number of hydrogen-bond donors (Lipinski definition) is 0. The molecule has 2 aromatic carbocycles. The van der Waals surface area contributed by atoms with E-state index in [1.165, 1.54) is 12.5 Å². The van der Waals surface area contributed by atoms with Gasteiger partial charge in [-0.15, -0.1) is 0 Å². The molecule has 0 bridgehead atoms. The third kappa shape index (κ3) is 13.8. The molecule has 10 heteroatoms. The van der Waals surface area contributed by atoms with Crippen LogP contribution in [0, 0.1) is 6.92 Å². The first kappa shape index (κ1) is 38.5. The van der Waals surface area contributed by atoms with Gasteiger partial charge in [0.05, 0.1) is 6.73 Å². The number of benzene rings is 2. The molecule has 3 rings (SSSR count). The molecular weight excluding hydrogens is 546 g/mol. The number of nitrogens with zero attached hydrogens (tertiary/aromatic N) is 1. The van der Waals surface area contributed by atoms with Crippen LogP contribution in [0.3, 0.4) is 0 Å². The molecule has 0 spiro atoms. The van der Waals surface area contributed by atoms with E-state index in [1.807, 2.05) is 43.7 Å². The molecule has 1 unspecified atom stereocenters. The summed E-state index contributed by atoms with van der Waals surface area (Å²) in [5.41, 5.74) is 3.82. The number of ether oxygens (including phenoxy) is 4. The molecule has 0 aromatic heterocycles. The van der Waals surface area contributed by atoms with Crippen LogP contribution in [0.25, 0.3) is 0 Å². The normalized spacial score (nSPS) is 14.8. The Bertz CT molecular complexity index is 1020. The van der Waals surface area contributed by atoms with Crippen molar-refractivity contribution in [3.63, 3.8) is 0 Å². The predicted octanol–water partition coefficient (Wildman–Crippen LogP) is 4.23. The number of thioether (sulfide) groups is 1. The van der Waals surface area contributed by atoms with E-state index in [-0.39, 0.29) is 41.8 Å². The van der Waals surface area contributed by atoms with Crippen LogP contribution in [0.5, 0.6) is 5.75 Å². The van der Waals surface area contributed by atoms with Crippen molar-refractivity contribution in [1.29, 1.82) is 0 Å². The van der Waals surface area contributed by atoms with E-state index in [2.05, 4.69) is 17.0 Å². The predicted molar refractivity (Wildman–Crippen MR) is 165 cm³/mol. The van der Waals surface area contributed by atoms with Gasteiger partial charge in [0.2, 0.25) is 0 Å². The van der Waals surface area contributed by atoms with Crippen LogP contribution in [-0.4, -0.2) is 86.9 Å². The number of Topliss-reactive ketones (excluding diaryl/α,β-unsaturated/α-hetero) is 1. The summed E-state index contributed by atoms with van der Waals surface area (Å²) in [5.74, 6) is 0.149. The van der Waals surface area contributed by atoms with Gasteiger partial charge < -0.3 is 29.9 Å². The molecule has 1 heterocycles. The van der Waals surface area contributed by atoms with Crippen molar-refractivity contribution in [3.8, 4) is 5.75 Å². The maximum atomic E-state index is 13.8. The maximum Gasteiger partial charge on any atom is 0.302 e. The van der Waals surface area contributed by atoms with Crippen LogP contribution < -0.4 is 4.74 Å².